The molecule has 0 N–H and O–H groups in total. The first kappa shape index (κ1) is 18.7. The molecule has 2 aliphatic heterocycles. The summed E-state index contributed by atoms with van der Waals surface area (Å²) in [7, 11) is 0. The summed E-state index contributed by atoms with van der Waals surface area (Å²) in [5, 5.41) is 0. The van der Waals surface area contributed by atoms with Gasteiger partial charge in [-0.15, -0.1) is 0 Å². The van der Waals surface area contributed by atoms with Crippen LogP contribution < -0.4 is 0 Å². The number of hydrogen-bond donors (Lipinski definition) is 0. The SMILES string of the molecule is O=C1CCC(C(=O)N2CCCCC2)CN1Cc1cccc(C(F)(F)F)c1. The maximum Gasteiger partial charge on any atom is 0.416 e. The molecule has 0 bridgehead atoms. The number of benzene rings is 1. The number of likely N-dealkylation sites (tertiary alicyclic amines) is 2. The van der Waals surface area contributed by atoms with E-state index in [0.29, 0.717) is 12.0 Å². The van der Waals surface area contributed by atoms with Gasteiger partial charge in [-0.1, -0.05) is 12.1 Å². The summed E-state index contributed by atoms with van der Waals surface area (Å²) in [4.78, 5) is 28.3. The number of carbonyl (C=O) groups is 2. The highest BCUT2D eigenvalue weighted by molar-refractivity contribution is 5.84. The van der Waals surface area contributed by atoms with E-state index in [4.69, 9.17) is 0 Å². The van der Waals surface area contributed by atoms with Crippen LogP contribution in [0.4, 0.5) is 13.2 Å². The van der Waals surface area contributed by atoms with Crippen molar-refractivity contribution in [1.82, 2.24) is 9.80 Å². The zero-order valence-corrected chi connectivity index (χ0v) is 14.6. The van der Waals surface area contributed by atoms with Crippen molar-refractivity contribution in [2.75, 3.05) is 19.6 Å². The van der Waals surface area contributed by atoms with Gasteiger partial charge in [0.05, 0.1) is 11.5 Å². The van der Waals surface area contributed by atoms with E-state index in [2.05, 4.69) is 0 Å². The molecule has 0 saturated carbocycles. The first-order chi connectivity index (χ1) is 12.3. The molecule has 1 atom stereocenters. The van der Waals surface area contributed by atoms with Gasteiger partial charge >= 0.3 is 6.18 Å². The van der Waals surface area contributed by atoms with Gasteiger partial charge in [-0.2, -0.15) is 13.2 Å². The average molecular weight is 368 g/mol. The topological polar surface area (TPSA) is 40.6 Å². The molecule has 1 unspecified atom stereocenters. The Morgan fingerprint density at radius 3 is 2.58 bits per heavy atom. The Balaban J connectivity index is 1.67. The fraction of sp³-hybridized carbons (Fsp3) is 0.579. The number of amides is 2. The number of hydrogen-bond acceptors (Lipinski definition) is 2. The summed E-state index contributed by atoms with van der Waals surface area (Å²) in [5.74, 6) is -0.284. The van der Waals surface area contributed by atoms with Crippen molar-refractivity contribution in [3.05, 3.63) is 35.4 Å². The largest absolute Gasteiger partial charge is 0.416 e. The lowest BCUT2D eigenvalue weighted by molar-refractivity contribution is -0.144. The molecule has 0 spiro atoms. The van der Waals surface area contributed by atoms with Crippen LogP contribution in [-0.4, -0.2) is 41.2 Å². The van der Waals surface area contributed by atoms with Gasteiger partial charge in [0.25, 0.3) is 0 Å². The molecule has 0 aromatic heterocycles. The summed E-state index contributed by atoms with van der Waals surface area (Å²) in [6.45, 7) is 1.91. The van der Waals surface area contributed by atoms with Crippen LogP contribution in [0.3, 0.4) is 0 Å². The maximum atomic E-state index is 12.9. The minimum Gasteiger partial charge on any atom is -0.342 e. The third kappa shape index (κ3) is 4.37. The van der Waals surface area contributed by atoms with E-state index < -0.39 is 11.7 Å². The highest BCUT2D eigenvalue weighted by Crippen LogP contribution is 2.30. The number of piperidine rings is 2. The zero-order valence-electron chi connectivity index (χ0n) is 14.6. The lowest BCUT2D eigenvalue weighted by atomic mass is 9.94. The summed E-state index contributed by atoms with van der Waals surface area (Å²) in [6.07, 6.45) is -0.476. The van der Waals surface area contributed by atoms with Crippen molar-refractivity contribution in [2.24, 2.45) is 5.92 Å². The second-order valence-electron chi connectivity index (χ2n) is 7.09. The van der Waals surface area contributed by atoms with Crippen molar-refractivity contribution in [3.63, 3.8) is 0 Å². The van der Waals surface area contributed by atoms with E-state index >= 15 is 0 Å². The Morgan fingerprint density at radius 1 is 1.15 bits per heavy atom. The third-order valence-electron chi connectivity index (χ3n) is 5.14. The molecular formula is C19H23F3N2O2. The second-order valence-corrected chi connectivity index (χ2v) is 7.09. The molecule has 2 aliphatic rings. The molecule has 4 nitrogen and oxygen atoms in total. The molecule has 7 heteroatoms. The van der Waals surface area contributed by atoms with Crippen LogP contribution in [0.1, 0.15) is 43.2 Å². The van der Waals surface area contributed by atoms with Crippen LogP contribution in [0.5, 0.6) is 0 Å². The van der Waals surface area contributed by atoms with Crippen molar-refractivity contribution in [1.29, 1.82) is 0 Å². The van der Waals surface area contributed by atoms with Crippen molar-refractivity contribution in [2.45, 2.75) is 44.8 Å². The number of nitrogens with zero attached hydrogens (tertiary/aromatic N) is 2. The molecule has 0 aliphatic carbocycles. The Labute approximate surface area is 151 Å². The van der Waals surface area contributed by atoms with Crippen molar-refractivity contribution >= 4 is 11.8 Å². The fourth-order valence-corrected chi connectivity index (χ4v) is 3.71. The van der Waals surface area contributed by atoms with Gasteiger partial charge in [-0.3, -0.25) is 9.59 Å². The smallest absolute Gasteiger partial charge is 0.342 e. The molecule has 1 aromatic rings. The zero-order chi connectivity index (χ0) is 18.7. The minimum atomic E-state index is -4.41. The van der Waals surface area contributed by atoms with Crippen molar-refractivity contribution in [3.8, 4) is 0 Å². The van der Waals surface area contributed by atoms with Crippen LogP contribution in [0.15, 0.2) is 24.3 Å². The van der Waals surface area contributed by atoms with Gasteiger partial charge in [0.1, 0.15) is 0 Å². The number of carbonyl (C=O) groups excluding carboxylic acids is 2. The molecular weight excluding hydrogens is 345 g/mol. The van der Waals surface area contributed by atoms with E-state index in [0.717, 1.165) is 44.5 Å². The van der Waals surface area contributed by atoms with E-state index in [1.807, 2.05) is 4.90 Å². The molecule has 2 fully saturated rings. The lowest BCUT2D eigenvalue weighted by Gasteiger charge is -2.36. The van der Waals surface area contributed by atoms with E-state index in [1.165, 1.54) is 11.0 Å². The Morgan fingerprint density at radius 2 is 1.88 bits per heavy atom. The fourth-order valence-electron chi connectivity index (χ4n) is 3.71. The highest BCUT2D eigenvalue weighted by atomic mass is 19.4. The van der Waals surface area contributed by atoms with E-state index in [9.17, 15) is 22.8 Å². The van der Waals surface area contributed by atoms with Gasteiger partial charge in [-0.05, 0) is 43.4 Å². The van der Waals surface area contributed by atoms with Crippen LogP contribution in [0.25, 0.3) is 0 Å². The van der Waals surface area contributed by atoms with Gasteiger partial charge in [0.15, 0.2) is 0 Å². The van der Waals surface area contributed by atoms with Crippen LogP contribution >= 0.6 is 0 Å². The molecule has 2 saturated heterocycles. The van der Waals surface area contributed by atoms with E-state index in [-0.39, 0.29) is 37.2 Å². The summed E-state index contributed by atoms with van der Waals surface area (Å²) in [6, 6.07) is 5.02. The molecule has 0 radical (unpaired) electrons. The quantitative estimate of drug-likeness (QED) is 0.820. The van der Waals surface area contributed by atoms with Crippen LogP contribution in [0, 0.1) is 5.92 Å². The first-order valence-corrected chi connectivity index (χ1v) is 9.07. The second kappa shape index (κ2) is 7.68. The Bertz CT molecular complexity index is 669. The minimum absolute atomic E-state index is 0.0752. The summed E-state index contributed by atoms with van der Waals surface area (Å²) < 4.78 is 38.6. The third-order valence-corrected chi connectivity index (χ3v) is 5.14. The van der Waals surface area contributed by atoms with E-state index in [1.54, 1.807) is 6.07 Å². The molecule has 26 heavy (non-hydrogen) atoms. The average Bonchev–Trinajstić information content (AvgIpc) is 2.63. The maximum absolute atomic E-state index is 12.9. The molecule has 1 aromatic carbocycles. The van der Waals surface area contributed by atoms with Gasteiger partial charge < -0.3 is 9.80 Å². The number of alkyl halides is 3. The molecule has 2 heterocycles. The number of halogens is 3. The van der Waals surface area contributed by atoms with Crippen LogP contribution in [0.2, 0.25) is 0 Å². The predicted octanol–water partition coefficient (Wildman–Crippen LogP) is 3.46. The molecule has 142 valence electrons. The Kier molecular flexibility index (Phi) is 5.53. The van der Waals surface area contributed by atoms with Crippen LogP contribution in [-0.2, 0) is 22.3 Å². The first-order valence-electron chi connectivity index (χ1n) is 9.07. The highest BCUT2D eigenvalue weighted by Gasteiger charge is 2.34. The predicted molar refractivity (Wildman–Crippen MR) is 90.0 cm³/mol. The summed E-state index contributed by atoms with van der Waals surface area (Å²) in [5.41, 5.74) is -0.292. The molecule has 3 rings (SSSR count). The standard InChI is InChI=1S/C19H23F3N2O2/c20-19(21,22)16-6-4-5-14(11-16)12-24-13-15(7-8-17(24)25)18(26)23-9-2-1-3-10-23/h4-6,11,15H,1-3,7-10,12-13H2. The lowest BCUT2D eigenvalue weighted by Crippen LogP contribution is -2.47. The normalized spacial score (nSPS) is 21.8. The van der Waals surface area contributed by atoms with Gasteiger partial charge in [-0.25, -0.2) is 0 Å². The number of rotatable bonds is 3. The Hall–Kier alpha value is -2.05. The summed E-state index contributed by atoms with van der Waals surface area (Å²) >= 11 is 0. The van der Waals surface area contributed by atoms with Gasteiger partial charge in [0.2, 0.25) is 11.8 Å². The van der Waals surface area contributed by atoms with Gasteiger partial charge in [0, 0.05) is 32.6 Å². The monoisotopic (exact) mass is 368 g/mol. The molecule has 2 amide bonds. The van der Waals surface area contributed by atoms with Crippen molar-refractivity contribution < 1.29 is 22.8 Å².